The van der Waals surface area contributed by atoms with Gasteiger partial charge in [-0.15, -0.1) is 0 Å². The molecule has 2 N–H and O–H groups in total. The van der Waals surface area contributed by atoms with Crippen molar-refractivity contribution in [1.29, 1.82) is 0 Å². The summed E-state index contributed by atoms with van der Waals surface area (Å²) in [5.74, 6) is 0. The topological polar surface area (TPSA) is 41.1 Å². The molecule has 0 heterocycles. The molecular formula is C14H12Cl2N2O. The second-order valence-corrected chi connectivity index (χ2v) is 4.86. The first-order chi connectivity index (χ1) is 9.06. The Kier molecular flexibility index (Phi) is 4.30. The van der Waals surface area contributed by atoms with Gasteiger partial charge in [0.05, 0.1) is 10.7 Å². The molecule has 0 atom stereocenters. The first kappa shape index (κ1) is 13.7. The zero-order valence-electron chi connectivity index (χ0n) is 10.2. The van der Waals surface area contributed by atoms with E-state index >= 15 is 0 Å². The molecule has 0 unspecified atom stereocenters. The highest BCUT2D eigenvalue weighted by Crippen LogP contribution is 2.25. The molecule has 0 aromatic heterocycles. The second kappa shape index (κ2) is 5.95. The first-order valence-electron chi connectivity index (χ1n) is 5.65. The van der Waals surface area contributed by atoms with Crippen LogP contribution in [-0.4, -0.2) is 6.03 Å². The first-order valence-corrected chi connectivity index (χ1v) is 6.40. The van der Waals surface area contributed by atoms with Gasteiger partial charge in [0.2, 0.25) is 0 Å². The highest BCUT2D eigenvalue weighted by Gasteiger charge is 2.08. The SMILES string of the molecule is Cc1cccc(Cl)c1NC(=O)Nc1cccc(Cl)c1. The summed E-state index contributed by atoms with van der Waals surface area (Å²) in [6, 6.07) is 12.0. The van der Waals surface area contributed by atoms with Gasteiger partial charge in [-0.05, 0) is 36.8 Å². The van der Waals surface area contributed by atoms with Crippen LogP contribution in [0.25, 0.3) is 0 Å². The number of rotatable bonds is 2. The minimum Gasteiger partial charge on any atom is -0.308 e. The van der Waals surface area contributed by atoms with Crippen LogP contribution in [0.3, 0.4) is 0 Å². The third kappa shape index (κ3) is 3.63. The number of halogens is 2. The molecule has 2 aromatic carbocycles. The maximum Gasteiger partial charge on any atom is 0.323 e. The van der Waals surface area contributed by atoms with Crippen LogP contribution in [0.15, 0.2) is 42.5 Å². The molecule has 19 heavy (non-hydrogen) atoms. The fraction of sp³-hybridized carbons (Fsp3) is 0.0714. The van der Waals surface area contributed by atoms with Crippen molar-refractivity contribution in [3.8, 4) is 0 Å². The number of hydrogen-bond acceptors (Lipinski definition) is 1. The second-order valence-electron chi connectivity index (χ2n) is 4.02. The van der Waals surface area contributed by atoms with E-state index in [0.717, 1.165) is 5.56 Å². The van der Waals surface area contributed by atoms with Crippen LogP contribution < -0.4 is 10.6 Å². The normalized spacial score (nSPS) is 10.1. The highest BCUT2D eigenvalue weighted by molar-refractivity contribution is 6.34. The molecule has 98 valence electrons. The smallest absolute Gasteiger partial charge is 0.308 e. The zero-order valence-corrected chi connectivity index (χ0v) is 11.7. The van der Waals surface area contributed by atoms with Gasteiger partial charge in [-0.3, -0.25) is 0 Å². The zero-order chi connectivity index (χ0) is 13.8. The molecule has 2 rings (SSSR count). The van der Waals surface area contributed by atoms with E-state index in [9.17, 15) is 4.79 Å². The number of amides is 2. The van der Waals surface area contributed by atoms with Crippen molar-refractivity contribution < 1.29 is 4.79 Å². The average molecular weight is 295 g/mol. The van der Waals surface area contributed by atoms with Gasteiger partial charge in [0.15, 0.2) is 0 Å². The van der Waals surface area contributed by atoms with Crippen molar-refractivity contribution in [2.24, 2.45) is 0 Å². The predicted octanol–water partition coefficient (Wildman–Crippen LogP) is 4.95. The number of anilines is 2. The van der Waals surface area contributed by atoms with E-state index < -0.39 is 0 Å². The van der Waals surface area contributed by atoms with E-state index in [1.165, 1.54) is 0 Å². The summed E-state index contributed by atoms with van der Waals surface area (Å²) in [5, 5.41) is 6.48. The number of carbonyl (C=O) groups excluding carboxylic acids is 1. The molecule has 0 radical (unpaired) electrons. The Balaban J connectivity index is 2.10. The summed E-state index contributed by atoms with van der Waals surface area (Å²) < 4.78 is 0. The molecule has 0 saturated heterocycles. The Bertz CT molecular complexity index is 594. The fourth-order valence-corrected chi connectivity index (χ4v) is 2.09. The van der Waals surface area contributed by atoms with Crippen molar-refractivity contribution in [2.75, 3.05) is 10.6 Å². The average Bonchev–Trinajstić information content (AvgIpc) is 2.34. The number of urea groups is 1. The maximum absolute atomic E-state index is 11.9. The molecule has 0 aliphatic heterocycles. The Morgan fingerprint density at radius 2 is 1.79 bits per heavy atom. The van der Waals surface area contributed by atoms with Crippen molar-refractivity contribution in [1.82, 2.24) is 0 Å². The van der Waals surface area contributed by atoms with E-state index in [1.54, 1.807) is 30.3 Å². The minimum absolute atomic E-state index is 0.363. The molecule has 3 nitrogen and oxygen atoms in total. The van der Waals surface area contributed by atoms with Crippen LogP contribution in [0.5, 0.6) is 0 Å². The number of benzene rings is 2. The lowest BCUT2D eigenvalue weighted by molar-refractivity contribution is 0.262. The predicted molar refractivity (Wildman–Crippen MR) is 80.3 cm³/mol. The van der Waals surface area contributed by atoms with Crippen LogP contribution in [0.1, 0.15) is 5.56 Å². The van der Waals surface area contributed by atoms with E-state index in [0.29, 0.717) is 21.4 Å². The molecule has 2 aromatic rings. The highest BCUT2D eigenvalue weighted by atomic mass is 35.5. The lowest BCUT2D eigenvalue weighted by atomic mass is 10.2. The number of hydrogen-bond donors (Lipinski definition) is 2. The number of aryl methyl sites for hydroxylation is 1. The van der Waals surface area contributed by atoms with E-state index in [4.69, 9.17) is 23.2 Å². The van der Waals surface area contributed by atoms with Gasteiger partial charge in [0.25, 0.3) is 0 Å². The molecule has 2 amide bonds. The molecule has 0 spiro atoms. The molecule has 0 saturated carbocycles. The third-order valence-corrected chi connectivity index (χ3v) is 3.09. The molecule has 0 aliphatic rings. The summed E-state index contributed by atoms with van der Waals surface area (Å²) >= 11 is 11.9. The largest absolute Gasteiger partial charge is 0.323 e. The fourth-order valence-electron chi connectivity index (χ4n) is 1.63. The lowest BCUT2D eigenvalue weighted by Crippen LogP contribution is -2.20. The van der Waals surface area contributed by atoms with E-state index in [1.807, 2.05) is 19.1 Å². The van der Waals surface area contributed by atoms with E-state index in [-0.39, 0.29) is 6.03 Å². The van der Waals surface area contributed by atoms with Crippen LogP contribution in [0.4, 0.5) is 16.2 Å². The number of para-hydroxylation sites is 1. The summed E-state index contributed by atoms with van der Waals surface area (Å²) in [6.45, 7) is 1.88. The monoisotopic (exact) mass is 294 g/mol. The minimum atomic E-state index is -0.363. The summed E-state index contributed by atoms with van der Waals surface area (Å²) in [5.41, 5.74) is 2.12. The molecule has 0 fully saturated rings. The van der Waals surface area contributed by atoms with Crippen LogP contribution in [0.2, 0.25) is 10.0 Å². The molecule has 0 aliphatic carbocycles. The number of nitrogens with one attached hydrogen (secondary N) is 2. The number of carbonyl (C=O) groups is 1. The van der Waals surface area contributed by atoms with Gasteiger partial charge in [-0.2, -0.15) is 0 Å². The molecule has 0 bridgehead atoms. The van der Waals surface area contributed by atoms with Gasteiger partial charge >= 0.3 is 6.03 Å². The summed E-state index contributed by atoms with van der Waals surface area (Å²) in [6.07, 6.45) is 0. The molecular weight excluding hydrogens is 283 g/mol. The van der Waals surface area contributed by atoms with Gasteiger partial charge in [-0.25, -0.2) is 4.79 Å². The van der Waals surface area contributed by atoms with Crippen LogP contribution in [-0.2, 0) is 0 Å². The van der Waals surface area contributed by atoms with Gasteiger partial charge in [-0.1, -0.05) is 41.4 Å². The van der Waals surface area contributed by atoms with Gasteiger partial charge < -0.3 is 10.6 Å². The molecule has 5 heteroatoms. The summed E-state index contributed by atoms with van der Waals surface area (Å²) in [4.78, 5) is 11.9. The summed E-state index contributed by atoms with van der Waals surface area (Å²) in [7, 11) is 0. The van der Waals surface area contributed by atoms with Crippen molar-refractivity contribution in [3.63, 3.8) is 0 Å². The van der Waals surface area contributed by atoms with Crippen molar-refractivity contribution in [2.45, 2.75) is 6.92 Å². The van der Waals surface area contributed by atoms with Crippen molar-refractivity contribution in [3.05, 3.63) is 58.1 Å². The Hall–Kier alpha value is -1.71. The Labute approximate surface area is 121 Å². The van der Waals surface area contributed by atoms with Crippen LogP contribution in [0, 0.1) is 6.92 Å². The standard InChI is InChI=1S/C14H12Cl2N2O/c1-9-4-2-7-12(16)13(9)18-14(19)17-11-6-3-5-10(15)8-11/h2-8H,1H3,(H2,17,18,19). The quantitative estimate of drug-likeness (QED) is 0.809. The van der Waals surface area contributed by atoms with E-state index in [2.05, 4.69) is 10.6 Å². The van der Waals surface area contributed by atoms with Crippen molar-refractivity contribution >= 4 is 40.6 Å². The van der Waals surface area contributed by atoms with Gasteiger partial charge in [0.1, 0.15) is 0 Å². The van der Waals surface area contributed by atoms with Gasteiger partial charge in [0, 0.05) is 10.7 Å². The van der Waals surface area contributed by atoms with Crippen LogP contribution >= 0.6 is 23.2 Å². The Morgan fingerprint density at radius 3 is 2.47 bits per heavy atom. The third-order valence-electron chi connectivity index (χ3n) is 2.54. The maximum atomic E-state index is 11.9. The lowest BCUT2D eigenvalue weighted by Gasteiger charge is -2.11. The Morgan fingerprint density at radius 1 is 1.05 bits per heavy atom.